The summed E-state index contributed by atoms with van der Waals surface area (Å²) in [6.45, 7) is 3.92. The molecule has 16 heavy (non-hydrogen) atoms. The van der Waals surface area contributed by atoms with Gasteiger partial charge in [-0.15, -0.1) is 0 Å². The maximum absolute atomic E-state index is 11.4. The van der Waals surface area contributed by atoms with Crippen LogP contribution >= 0.6 is 0 Å². The number of nitrogens with two attached hydrogens (primary N) is 1. The Morgan fingerprint density at radius 3 is 2.44 bits per heavy atom. The van der Waals surface area contributed by atoms with E-state index in [1.807, 2.05) is 13.8 Å². The molecule has 0 aromatic rings. The molecule has 94 valence electrons. The minimum absolute atomic E-state index is 0.0195. The first-order valence-corrected chi connectivity index (χ1v) is 5.34. The molecule has 0 aliphatic heterocycles. The monoisotopic (exact) mass is 232 g/mol. The Morgan fingerprint density at radius 2 is 2.00 bits per heavy atom. The third kappa shape index (κ3) is 5.09. The lowest BCUT2D eigenvalue weighted by molar-refractivity contribution is -0.147. The maximum Gasteiger partial charge on any atom is 0.332 e. The van der Waals surface area contributed by atoms with Gasteiger partial charge in [-0.05, 0) is 5.92 Å². The zero-order valence-electron chi connectivity index (χ0n) is 9.64. The number of rotatable bonds is 7. The lowest BCUT2D eigenvalue weighted by Gasteiger charge is -2.17. The van der Waals surface area contributed by atoms with Crippen LogP contribution in [0.5, 0.6) is 0 Å². The van der Waals surface area contributed by atoms with E-state index in [4.69, 9.17) is 15.9 Å². The van der Waals surface area contributed by atoms with E-state index in [1.54, 1.807) is 0 Å². The average Bonchev–Trinajstić information content (AvgIpc) is 2.26. The molecule has 0 spiro atoms. The molecule has 0 bridgehead atoms. The van der Waals surface area contributed by atoms with Gasteiger partial charge in [0.2, 0.25) is 5.91 Å². The molecule has 0 radical (unpaired) electrons. The molecule has 0 aromatic carbocycles. The summed E-state index contributed by atoms with van der Waals surface area (Å²) in [6, 6.07) is -0.591. The topological polar surface area (TPSA) is 113 Å². The van der Waals surface area contributed by atoms with Gasteiger partial charge < -0.3 is 21.3 Å². The van der Waals surface area contributed by atoms with Gasteiger partial charge in [-0.3, -0.25) is 4.79 Å². The fourth-order valence-electron chi connectivity index (χ4n) is 1.09. The number of carboxylic acids is 1. The predicted octanol–water partition coefficient (Wildman–Crippen LogP) is -0.688. The first kappa shape index (κ1) is 14.9. The lowest BCUT2D eigenvalue weighted by Crippen LogP contribution is -2.45. The highest BCUT2D eigenvalue weighted by atomic mass is 16.4. The molecule has 0 saturated heterocycles. The Kier molecular flexibility index (Phi) is 6.67. The summed E-state index contributed by atoms with van der Waals surface area (Å²) in [6.07, 6.45) is -0.666. The van der Waals surface area contributed by atoms with Crippen molar-refractivity contribution in [2.75, 3.05) is 6.54 Å². The highest BCUT2D eigenvalue weighted by Crippen LogP contribution is 2.04. The molecule has 1 amide bonds. The molecule has 0 saturated carbocycles. The van der Waals surface area contributed by atoms with Crippen LogP contribution in [-0.4, -0.2) is 40.8 Å². The third-order valence-corrected chi connectivity index (χ3v) is 2.56. The van der Waals surface area contributed by atoms with Crippen LogP contribution < -0.4 is 11.1 Å². The summed E-state index contributed by atoms with van der Waals surface area (Å²) in [4.78, 5) is 21.7. The van der Waals surface area contributed by atoms with Crippen molar-refractivity contribution in [3.8, 4) is 0 Å². The Bertz CT molecular complexity index is 245. The molecule has 0 aliphatic rings. The van der Waals surface area contributed by atoms with E-state index in [9.17, 15) is 9.59 Å². The third-order valence-electron chi connectivity index (χ3n) is 2.56. The second-order valence-electron chi connectivity index (χ2n) is 3.85. The molecule has 0 fully saturated rings. The maximum atomic E-state index is 11.4. The van der Waals surface area contributed by atoms with Crippen molar-refractivity contribution in [3.05, 3.63) is 0 Å². The number of aliphatic carboxylic acids is 1. The summed E-state index contributed by atoms with van der Waals surface area (Å²) < 4.78 is 0. The van der Waals surface area contributed by atoms with Gasteiger partial charge in [-0.25, -0.2) is 4.79 Å². The standard InChI is InChI=1S/C10H20N2O4/c1-3-6(2)8(11)9(14)12-5-4-7(13)10(15)16/h6-8,13H,3-5,11H2,1-2H3,(H,12,14)(H,15,16)/t6?,7-,8-/m0/s1. The van der Waals surface area contributed by atoms with E-state index in [2.05, 4.69) is 5.32 Å². The number of amides is 1. The smallest absolute Gasteiger partial charge is 0.332 e. The number of carbonyl (C=O) groups excluding carboxylic acids is 1. The van der Waals surface area contributed by atoms with E-state index in [0.29, 0.717) is 0 Å². The summed E-state index contributed by atoms with van der Waals surface area (Å²) in [5.74, 6) is -1.53. The van der Waals surface area contributed by atoms with Crippen molar-refractivity contribution in [1.82, 2.24) is 5.32 Å². The second kappa shape index (κ2) is 7.19. The van der Waals surface area contributed by atoms with Crippen LogP contribution in [0.1, 0.15) is 26.7 Å². The van der Waals surface area contributed by atoms with Gasteiger partial charge in [0.1, 0.15) is 0 Å². The SMILES string of the molecule is CCC(C)[C@H](N)C(=O)NCC[C@H](O)C(=O)O. The van der Waals surface area contributed by atoms with Crippen molar-refractivity contribution < 1.29 is 19.8 Å². The summed E-state index contributed by atoms with van der Waals surface area (Å²) in [7, 11) is 0. The largest absolute Gasteiger partial charge is 0.479 e. The van der Waals surface area contributed by atoms with E-state index >= 15 is 0 Å². The predicted molar refractivity (Wildman–Crippen MR) is 58.7 cm³/mol. The molecule has 0 aromatic heterocycles. The van der Waals surface area contributed by atoms with Crippen molar-refractivity contribution in [1.29, 1.82) is 0 Å². The minimum Gasteiger partial charge on any atom is -0.479 e. The fraction of sp³-hybridized carbons (Fsp3) is 0.800. The number of aliphatic hydroxyl groups is 1. The van der Waals surface area contributed by atoms with Crippen molar-refractivity contribution in [2.45, 2.75) is 38.8 Å². The van der Waals surface area contributed by atoms with Crippen LogP contribution in [0.25, 0.3) is 0 Å². The molecule has 3 atom stereocenters. The van der Waals surface area contributed by atoms with Crippen molar-refractivity contribution in [2.24, 2.45) is 11.7 Å². The number of hydrogen-bond acceptors (Lipinski definition) is 4. The van der Waals surface area contributed by atoms with Gasteiger partial charge in [0, 0.05) is 13.0 Å². The number of hydrogen-bond donors (Lipinski definition) is 4. The number of carbonyl (C=O) groups is 2. The van der Waals surface area contributed by atoms with Crippen molar-refractivity contribution in [3.63, 3.8) is 0 Å². The van der Waals surface area contributed by atoms with Crippen LogP contribution in [0.15, 0.2) is 0 Å². The van der Waals surface area contributed by atoms with E-state index in [-0.39, 0.29) is 24.8 Å². The quantitative estimate of drug-likeness (QED) is 0.464. The first-order valence-electron chi connectivity index (χ1n) is 5.34. The highest BCUT2D eigenvalue weighted by molar-refractivity contribution is 5.81. The Labute approximate surface area is 94.8 Å². The number of carboxylic acid groups (broad SMARTS) is 1. The molecule has 6 heteroatoms. The van der Waals surface area contributed by atoms with Gasteiger partial charge in [0.05, 0.1) is 6.04 Å². The normalized spacial score (nSPS) is 16.2. The molecule has 5 N–H and O–H groups in total. The summed E-state index contributed by atoms with van der Waals surface area (Å²) >= 11 is 0. The molecule has 1 unspecified atom stereocenters. The van der Waals surface area contributed by atoms with E-state index in [0.717, 1.165) is 6.42 Å². The molecule has 0 heterocycles. The average molecular weight is 232 g/mol. The molecular formula is C10H20N2O4. The Hall–Kier alpha value is -1.14. The molecule has 0 aliphatic carbocycles. The van der Waals surface area contributed by atoms with Gasteiger partial charge in [-0.2, -0.15) is 0 Å². The minimum atomic E-state index is -1.44. The van der Waals surface area contributed by atoms with Gasteiger partial charge in [0.25, 0.3) is 0 Å². The Balaban J connectivity index is 3.85. The highest BCUT2D eigenvalue weighted by Gasteiger charge is 2.19. The van der Waals surface area contributed by atoms with Gasteiger partial charge in [-0.1, -0.05) is 20.3 Å². The summed E-state index contributed by atoms with van der Waals surface area (Å²) in [5, 5.41) is 19.8. The zero-order valence-corrected chi connectivity index (χ0v) is 9.64. The van der Waals surface area contributed by atoms with Gasteiger partial charge in [0.15, 0.2) is 6.10 Å². The molecular weight excluding hydrogens is 212 g/mol. The zero-order chi connectivity index (χ0) is 12.7. The second-order valence-corrected chi connectivity index (χ2v) is 3.85. The van der Waals surface area contributed by atoms with Crippen LogP contribution in [0.3, 0.4) is 0 Å². The van der Waals surface area contributed by atoms with Crippen LogP contribution in [0.2, 0.25) is 0 Å². The fourth-order valence-corrected chi connectivity index (χ4v) is 1.09. The van der Waals surface area contributed by atoms with E-state index in [1.165, 1.54) is 0 Å². The lowest BCUT2D eigenvalue weighted by atomic mass is 9.99. The summed E-state index contributed by atoms with van der Waals surface area (Å²) in [5.41, 5.74) is 5.66. The van der Waals surface area contributed by atoms with E-state index < -0.39 is 18.1 Å². The molecule has 6 nitrogen and oxygen atoms in total. The van der Waals surface area contributed by atoms with Crippen LogP contribution in [0.4, 0.5) is 0 Å². The van der Waals surface area contributed by atoms with Crippen molar-refractivity contribution >= 4 is 11.9 Å². The first-order chi connectivity index (χ1) is 7.40. The molecule has 0 rings (SSSR count). The Morgan fingerprint density at radius 1 is 1.44 bits per heavy atom. The van der Waals surface area contributed by atoms with Crippen LogP contribution in [-0.2, 0) is 9.59 Å². The number of nitrogens with one attached hydrogen (secondary N) is 1. The van der Waals surface area contributed by atoms with Crippen LogP contribution in [0, 0.1) is 5.92 Å². The van der Waals surface area contributed by atoms with Gasteiger partial charge >= 0.3 is 5.97 Å². The number of aliphatic hydroxyl groups excluding tert-OH is 1.